The van der Waals surface area contributed by atoms with Gasteiger partial charge < -0.3 is 20.7 Å². The van der Waals surface area contributed by atoms with Crippen molar-refractivity contribution >= 4 is 22.1 Å². The van der Waals surface area contributed by atoms with Crippen molar-refractivity contribution in [1.82, 2.24) is 0 Å². The average molecular weight is 311 g/mol. The lowest BCUT2D eigenvalue weighted by molar-refractivity contribution is 0.122. The molecule has 0 bridgehead atoms. The predicted octanol–water partition coefficient (Wildman–Crippen LogP) is 2.83. The van der Waals surface area contributed by atoms with E-state index in [2.05, 4.69) is 46.6 Å². The molecule has 2 aliphatic rings. The molecule has 0 atom stereocenters. The number of nitrogens with one attached hydrogen (secondary N) is 1. The SMILES string of the molecule is NCC1CC(Nc2ccc3cc(N4CCOCC4)ccc3c2)C1. The molecule has 0 aromatic heterocycles. The second-order valence-electron chi connectivity index (χ2n) is 6.76. The summed E-state index contributed by atoms with van der Waals surface area (Å²) in [6, 6.07) is 14.0. The number of nitrogens with two attached hydrogens (primary N) is 1. The fourth-order valence-corrected chi connectivity index (χ4v) is 3.62. The van der Waals surface area contributed by atoms with Gasteiger partial charge in [-0.25, -0.2) is 0 Å². The first kappa shape index (κ1) is 14.8. The van der Waals surface area contributed by atoms with Crippen molar-refractivity contribution in [3.63, 3.8) is 0 Å². The van der Waals surface area contributed by atoms with Gasteiger partial charge in [-0.15, -0.1) is 0 Å². The molecule has 1 heterocycles. The molecule has 4 nitrogen and oxygen atoms in total. The zero-order chi connectivity index (χ0) is 15.6. The topological polar surface area (TPSA) is 50.5 Å². The maximum Gasteiger partial charge on any atom is 0.0642 e. The molecule has 2 fully saturated rings. The number of ether oxygens (including phenoxy) is 1. The minimum atomic E-state index is 0.591. The van der Waals surface area contributed by atoms with Crippen molar-refractivity contribution < 1.29 is 4.74 Å². The van der Waals surface area contributed by atoms with E-state index in [0.29, 0.717) is 12.0 Å². The summed E-state index contributed by atoms with van der Waals surface area (Å²) in [5.41, 5.74) is 8.22. The maximum atomic E-state index is 5.70. The van der Waals surface area contributed by atoms with E-state index in [1.165, 1.54) is 35.0 Å². The highest BCUT2D eigenvalue weighted by Gasteiger charge is 2.27. The van der Waals surface area contributed by atoms with Crippen LogP contribution in [0.5, 0.6) is 0 Å². The summed E-state index contributed by atoms with van der Waals surface area (Å²) in [6.07, 6.45) is 2.40. The van der Waals surface area contributed by atoms with Crippen LogP contribution in [0.15, 0.2) is 36.4 Å². The molecule has 1 saturated carbocycles. The number of anilines is 2. The Bertz CT molecular complexity index is 675. The number of benzene rings is 2. The van der Waals surface area contributed by atoms with Gasteiger partial charge >= 0.3 is 0 Å². The minimum absolute atomic E-state index is 0.591. The Morgan fingerprint density at radius 3 is 2.57 bits per heavy atom. The summed E-state index contributed by atoms with van der Waals surface area (Å²) in [5, 5.41) is 6.22. The van der Waals surface area contributed by atoms with Gasteiger partial charge in [0.05, 0.1) is 13.2 Å². The van der Waals surface area contributed by atoms with Gasteiger partial charge in [0.25, 0.3) is 0 Å². The third-order valence-electron chi connectivity index (χ3n) is 5.14. The number of morpholine rings is 1. The van der Waals surface area contributed by atoms with Crippen LogP contribution in [0.25, 0.3) is 10.8 Å². The van der Waals surface area contributed by atoms with Crippen LogP contribution in [0.2, 0.25) is 0 Å². The smallest absolute Gasteiger partial charge is 0.0642 e. The number of nitrogens with zero attached hydrogens (tertiary/aromatic N) is 1. The maximum absolute atomic E-state index is 5.70. The Morgan fingerprint density at radius 2 is 1.78 bits per heavy atom. The second kappa shape index (κ2) is 6.38. The Kier molecular flexibility index (Phi) is 4.10. The molecule has 0 amide bonds. The quantitative estimate of drug-likeness (QED) is 0.911. The Hall–Kier alpha value is -1.78. The van der Waals surface area contributed by atoms with Crippen molar-refractivity contribution in [2.24, 2.45) is 11.7 Å². The highest BCUT2D eigenvalue weighted by atomic mass is 16.5. The van der Waals surface area contributed by atoms with Crippen LogP contribution in [-0.4, -0.2) is 38.9 Å². The lowest BCUT2D eigenvalue weighted by Crippen LogP contribution is -2.39. The molecule has 0 radical (unpaired) electrons. The summed E-state index contributed by atoms with van der Waals surface area (Å²) in [4.78, 5) is 2.40. The van der Waals surface area contributed by atoms with Gasteiger partial charge in [-0.2, -0.15) is 0 Å². The van der Waals surface area contributed by atoms with Crippen molar-refractivity contribution in [1.29, 1.82) is 0 Å². The normalized spacial score (nSPS) is 24.5. The third-order valence-corrected chi connectivity index (χ3v) is 5.14. The van der Waals surface area contributed by atoms with Gasteiger partial charge in [0.15, 0.2) is 0 Å². The summed E-state index contributed by atoms with van der Waals surface area (Å²) in [7, 11) is 0. The van der Waals surface area contributed by atoms with Crippen molar-refractivity contribution in [2.75, 3.05) is 43.1 Å². The van der Waals surface area contributed by atoms with E-state index in [1.54, 1.807) is 0 Å². The molecule has 4 rings (SSSR count). The van der Waals surface area contributed by atoms with Gasteiger partial charge in [0, 0.05) is 30.5 Å². The van der Waals surface area contributed by atoms with Crippen molar-refractivity contribution in [3.05, 3.63) is 36.4 Å². The highest BCUT2D eigenvalue weighted by molar-refractivity contribution is 5.88. The van der Waals surface area contributed by atoms with Crippen LogP contribution in [0.1, 0.15) is 12.8 Å². The van der Waals surface area contributed by atoms with Crippen LogP contribution in [-0.2, 0) is 4.74 Å². The molecule has 2 aromatic rings. The standard InChI is InChI=1S/C19H25N3O/c20-13-14-9-18(10-14)21-17-3-1-16-12-19(4-2-15(16)11-17)22-5-7-23-8-6-22/h1-4,11-12,14,18,21H,5-10,13,20H2. The zero-order valence-corrected chi connectivity index (χ0v) is 13.5. The van der Waals surface area contributed by atoms with E-state index in [-0.39, 0.29) is 0 Å². The van der Waals surface area contributed by atoms with Crippen LogP contribution in [0, 0.1) is 5.92 Å². The Morgan fingerprint density at radius 1 is 1.04 bits per heavy atom. The van der Waals surface area contributed by atoms with E-state index in [1.807, 2.05) is 0 Å². The molecule has 1 aliphatic carbocycles. The monoisotopic (exact) mass is 311 g/mol. The van der Waals surface area contributed by atoms with Gasteiger partial charge in [0.1, 0.15) is 0 Å². The summed E-state index contributed by atoms with van der Waals surface area (Å²) in [5.74, 6) is 0.712. The van der Waals surface area contributed by atoms with E-state index >= 15 is 0 Å². The number of fused-ring (bicyclic) bond motifs is 1. The molecule has 1 saturated heterocycles. The molecule has 4 heteroatoms. The molecule has 3 N–H and O–H groups in total. The lowest BCUT2D eigenvalue weighted by Gasteiger charge is -2.35. The fourth-order valence-electron chi connectivity index (χ4n) is 3.62. The molecule has 2 aromatic carbocycles. The van der Waals surface area contributed by atoms with Gasteiger partial charge in [-0.3, -0.25) is 0 Å². The molecular formula is C19H25N3O. The lowest BCUT2D eigenvalue weighted by atomic mass is 9.80. The summed E-state index contributed by atoms with van der Waals surface area (Å²) >= 11 is 0. The van der Waals surface area contributed by atoms with E-state index in [4.69, 9.17) is 10.5 Å². The zero-order valence-electron chi connectivity index (χ0n) is 13.5. The average Bonchev–Trinajstić information content (AvgIpc) is 2.58. The first-order valence-electron chi connectivity index (χ1n) is 8.65. The molecule has 23 heavy (non-hydrogen) atoms. The summed E-state index contributed by atoms with van der Waals surface area (Å²) < 4.78 is 5.44. The van der Waals surface area contributed by atoms with Crippen LogP contribution < -0.4 is 16.0 Å². The first-order valence-corrected chi connectivity index (χ1v) is 8.65. The van der Waals surface area contributed by atoms with Crippen molar-refractivity contribution in [3.8, 4) is 0 Å². The minimum Gasteiger partial charge on any atom is -0.382 e. The molecular weight excluding hydrogens is 286 g/mol. The van der Waals surface area contributed by atoms with Crippen molar-refractivity contribution in [2.45, 2.75) is 18.9 Å². The van der Waals surface area contributed by atoms with Gasteiger partial charge in [0.2, 0.25) is 0 Å². The second-order valence-corrected chi connectivity index (χ2v) is 6.76. The molecule has 122 valence electrons. The number of rotatable bonds is 4. The van der Waals surface area contributed by atoms with E-state index in [9.17, 15) is 0 Å². The fraction of sp³-hybridized carbons (Fsp3) is 0.474. The van der Waals surface area contributed by atoms with Crippen LogP contribution in [0.4, 0.5) is 11.4 Å². The molecule has 0 spiro atoms. The van der Waals surface area contributed by atoms with Gasteiger partial charge in [-0.1, -0.05) is 12.1 Å². The largest absolute Gasteiger partial charge is 0.382 e. The van der Waals surface area contributed by atoms with E-state index in [0.717, 1.165) is 32.8 Å². The molecule has 1 aliphatic heterocycles. The Labute approximate surface area is 137 Å². The molecule has 0 unspecified atom stereocenters. The third kappa shape index (κ3) is 3.14. The number of hydrogen-bond donors (Lipinski definition) is 2. The summed E-state index contributed by atoms with van der Waals surface area (Å²) in [6.45, 7) is 4.43. The predicted molar refractivity (Wildman–Crippen MR) is 96.2 cm³/mol. The van der Waals surface area contributed by atoms with E-state index < -0.39 is 0 Å². The first-order chi connectivity index (χ1) is 11.3. The highest BCUT2D eigenvalue weighted by Crippen LogP contribution is 2.31. The Balaban J connectivity index is 1.48. The van der Waals surface area contributed by atoms with Gasteiger partial charge in [-0.05, 0) is 60.3 Å². The van der Waals surface area contributed by atoms with Crippen LogP contribution in [0.3, 0.4) is 0 Å². The number of hydrogen-bond acceptors (Lipinski definition) is 4. The van der Waals surface area contributed by atoms with Crippen LogP contribution >= 0.6 is 0 Å².